The standard InChI is InChI=1S/C31H24ClNO4/c1-36-27-17-19(14-16-26(27)37-31(35)21-9-4-5-11-23(21)32)30-29-22(10-6-12-25(29)34)28-20-8-3-2-7-18(20)13-15-24(28)33-30/h2-5,7-9,11,13-17,30,33H,6,10,12H2,1H3/t30-/m1/s1. The number of allylic oxidation sites excluding steroid dienone is 1. The van der Waals surface area contributed by atoms with E-state index in [0.717, 1.165) is 51.6 Å². The first-order valence-corrected chi connectivity index (χ1v) is 12.6. The molecule has 0 unspecified atom stereocenters. The molecular weight excluding hydrogens is 486 g/mol. The molecule has 0 amide bonds. The molecule has 1 aliphatic heterocycles. The van der Waals surface area contributed by atoms with Gasteiger partial charge in [0, 0.05) is 23.2 Å². The van der Waals surface area contributed by atoms with Gasteiger partial charge in [0.15, 0.2) is 17.3 Å². The second kappa shape index (κ2) is 9.41. The number of nitrogens with one attached hydrogen (secondary N) is 1. The van der Waals surface area contributed by atoms with Gasteiger partial charge in [0.2, 0.25) is 0 Å². The maximum atomic E-state index is 13.3. The average molecular weight is 510 g/mol. The third-order valence-electron chi connectivity index (χ3n) is 7.09. The third kappa shape index (κ3) is 4.05. The number of carbonyl (C=O) groups excluding carboxylic acids is 2. The molecule has 1 N–H and O–H groups in total. The molecule has 5 nitrogen and oxygen atoms in total. The minimum absolute atomic E-state index is 0.158. The number of anilines is 1. The zero-order valence-corrected chi connectivity index (χ0v) is 21.0. The van der Waals surface area contributed by atoms with Crippen LogP contribution in [0.2, 0.25) is 5.02 Å². The number of carbonyl (C=O) groups is 2. The Kier molecular flexibility index (Phi) is 5.93. The largest absolute Gasteiger partial charge is 0.493 e. The Balaban J connectivity index is 1.41. The van der Waals surface area contributed by atoms with E-state index in [4.69, 9.17) is 21.1 Å². The van der Waals surface area contributed by atoms with Crippen LogP contribution < -0.4 is 14.8 Å². The number of hydrogen-bond acceptors (Lipinski definition) is 5. The first-order valence-electron chi connectivity index (χ1n) is 12.2. The minimum Gasteiger partial charge on any atom is -0.493 e. The monoisotopic (exact) mass is 509 g/mol. The van der Waals surface area contributed by atoms with Crippen molar-refractivity contribution in [2.45, 2.75) is 25.3 Å². The minimum atomic E-state index is -0.569. The molecule has 0 spiro atoms. The molecule has 1 heterocycles. The van der Waals surface area contributed by atoms with Crippen LogP contribution in [0, 0.1) is 0 Å². The second-order valence-corrected chi connectivity index (χ2v) is 9.64. The van der Waals surface area contributed by atoms with Crippen molar-refractivity contribution in [1.29, 1.82) is 0 Å². The highest BCUT2D eigenvalue weighted by Gasteiger charge is 2.35. The quantitative estimate of drug-likeness (QED) is 0.229. The summed E-state index contributed by atoms with van der Waals surface area (Å²) < 4.78 is 11.2. The summed E-state index contributed by atoms with van der Waals surface area (Å²) in [6, 6.07) is 24.3. The predicted molar refractivity (Wildman–Crippen MR) is 145 cm³/mol. The van der Waals surface area contributed by atoms with E-state index >= 15 is 0 Å². The van der Waals surface area contributed by atoms with Crippen LogP contribution in [0.4, 0.5) is 5.69 Å². The number of halogens is 1. The van der Waals surface area contributed by atoms with E-state index in [1.165, 1.54) is 7.11 Å². The van der Waals surface area contributed by atoms with Crippen molar-refractivity contribution in [1.82, 2.24) is 0 Å². The molecule has 0 radical (unpaired) electrons. The van der Waals surface area contributed by atoms with Crippen molar-refractivity contribution in [2.75, 3.05) is 12.4 Å². The molecule has 2 aliphatic rings. The van der Waals surface area contributed by atoms with Gasteiger partial charge in [-0.25, -0.2) is 4.79 Å². The van der Waals surface area contributed by atoms with Gasteiger partial charge in [-0.3, -0.25) is 4.79 Å². The van der Waals surface area contributed by atoms with Gasteiger partial charge in [0.25, 0.3) is 0 Å². The topological polar surface area (TPSA) is 64.6 Å². The average Bonchev–Trinajstić information content (AvgIpc) is 2.92. The van der Waals surface area contributed by atoms with E-state index in [1.807, 2.05) is 24.3 Å². The Morgan fingerprint density at radius 3 is 2.59 bits per heavy atom. The Hall–Kier alpha value is -4.09. The summed E-state index contributed by atoms with van der Waals surface area (Å²) in [4.78, 5) is 26.0. The van der Waals surface area contributed by atoms with Crippen molar-refractivity contribution in [3.05, 3.63) is 106 Å². The number of methoxy groups -OCH3 is 1. The van der Waals surface area contributed by atoms with Gasteiger partial charge >= 0.3 is 5.97 Å². The number of fused-ring (bicyclic) bond motifs is 4. The van der Waals surface area contributed by atoms with Gasteiger partial charge in [0.05, 0.1) is 23.7 Å². The Labute approximate surface area is 219 Å². The summed E-state index contributed by atoms with van der Waals surface area (Å²) in [5.41, 5.74) is 5.17. The summed E-state index contributed by atoms with van der Waals surface area (Å²) in [6.45, 7) is 0. The molecule has 6 rings (SSSR count). The number of Topliss-reactive ketones (excluding diaryl/α,β-unsaturated/α-hetero) is 1. The fraction of sp³-hybridized carbons (Fsp3) is 0.161. The van der Waals surface area contributed by atoms with Gasteiger partial charge in [-0.2, -0.15) is 0 Å². The van der Waals surface area contributed by atoms with Crippen molar-refractivity contribution in [3.63, 3.8) is 0 Å². The molecule has 1 aliphatic carbocycles. The fourth-order valence-electron chi connectivity index (χ4n) is 5.38. The van der Waals surface area contributed by atoms with Crippen LogP contribution in [0.3, 0.4) is 0 Å². The summed E-state index contributed by atoms with van der Waals surface area (Å²) in [6.07, 6.45) is 2.22. The number of esters is 1. The highest BCUT2D eigenvalue weighted by atomic mass is 35.5. The second-order valence-electron chi connectivity index (χ2n) is 9.24. The van der Waals surface area contributed by atoms with Gasteiger partial charge in [0.1, 0.15) is 0 Å². The normalized spacial score (nSPS) is 16.6. The highest BCUT2D eigenvalue weighted by molar-refractivity contribution is 6.33. The molecule has 184 valence electrons. The molecule has 0 saturated carbocycles. The zero-order valence-electron chi connectivity index (χ0n) is 20.2. The Morgan fingerprint density at radius 2 is 1.76 bits per heavy atom. The number of benzene rings is 4. The van der Waals surface area contributed by atoms with E-state index < -0.39 is 5.97 Å². The Bertz CT molecular complexity index is 1610. The van der Waals surface area contributed by atoms with Crippen LogP contribution >= 0.6 is 11.6 Å². The van der Waals surface area contributed by atoms with Crippen molar-refractivity contribution >= 4 is 45.4 Å². The van der Waals surface area contributed by atoms with E-state index in [-0.39, 0.29) is 23.1 Å². The van der Waals surface area contributed by atoms with Crippen LogP contribution in [-0.4, -0.2) is 18.9 Å². The Morgan fingerprint density at radius 1 is 0.946 bits per heavy atom. The summed E-state index contributed by atoms with van der Waals surface area (Å²) >= 11 is 6.16. The van der Waals surface area contributed by atoms with Crippen LogP contribution in [0.5, 0.6) is 11.5 Å². The highest BCUT2D eigenvalue weighted by Crippen LogP contribution is 2.48. The van der Waals surface area contributed by atoms with Crippen LogP contribution in [-0.2, 0) is 4.79 Å². The van der Waals surface area contributed by atoms with Crippen molar-refractivity contribution < 1.29 is 19.1 Å². The summed E-state index contributed by atoms with van der Waals surface area (Å²) in [5.74, 6) is 0.267. The van der Waals surface area contributed by atoms with Crippen LogP contribution in [0.1, 0.15) is 46.8 Å². The number of rotatable bonds is 4. The summed E-state index contributed by atoms with van der Waals surface area (Å²) in [7, 11) is 1.53. The van der Waals surface area contributed by atoms with Gasteiger partial charge in [-0.1, -0.05) is 60.1 Å². The zero-order chi connectivity index (χ0) is 25.5. The first kappa shape index (κ1) is 23.3. The van der Waals surface area contributed by atoms with E-state index in [2.05, 4.69) is 29.6 Å². The van der Waals surface area contributed by atoms with Gasteiger partial charge < -0.3 is 14.8 Å². The number of hydrogen-bond donors (Lipinski definition) is 1. The third-order valence-corrected chi connectivity index (χ3v) is 7.42. The molecule has 0 bridgehead atoms. The molecule has 4 aromatic carbocycles. The van der Waals surface area contributed by atoms with E-state index in [1.54, 1.807) is 30.3 Å². The predicted octanol–water partition coefficient (Wildman–Crippen LogP) is 7.39. The van der Waals surface area contributed by atoms with Crippen molar-refractivity contribution in [2.24, 2.45) is 0 Å². The molecule has 0 saturated heterocycles. The van der Waals surface area contributed by atoms with Crippen molar-refractivity contribution in [3.8, 4) is 11.5 Å². The lowest BCUT2D eigenvalue weighted by Gasteiger charge is -2.35. The smallest absolute Gasteiger partial charge is 0.345 e. The lowest BCUT2D eigenvalue weighted by Crippen LogP contribution is -2.27. The van der Waals surface area contributed by atoms with Gasteiger partial charge in [-0.15, -0.1) is 0 Å². The lowest BCUT2D eigenvalue weighted by molar-refractivity contribution is -0.116. The fourth-order valence-corrected chi connectivity index (χ4v) is 5.60. The molecule has 0 aromatic heterocycles. The van der Waals surface area contributed by atoms with E-state index in [0.29, 0.717) is 17.2 Å². The molecule has 37 heavy (non-hydrogen) atoms. The van der Waals surface area contributed by atoms with Gasteiger partial charge in [-0.05, 0) is 65.1 Å². The maximum Gasteiger partial charge on any atom is 0.345 e. The molecule has 0 fully saturated rings. The lowest BCUT2D eigenvalue weighted by atomic mass is 9.77. The summed E-state index contributed by atoms with van der Waals surface area (Å²) in [5, 5.41) is 6.23. The first-order chi connectivity index (χ1) is 18.0. The van der Waals surface area contributed by atoms with Crippen LogP contribution in [0.25, 0.3) is 16.3 Å². The molecule has 1 atom stereocenters. The number of ketones is 1. The molecule has 4 aromatic rings. The number of ether oxygens (including phenoxy) is 2. The maximum absolute atomic E-state index is 13.3. The molecule has 6 heteroatoms. The molecular formula is C31H24ClNO4. The van der Waals surface area contributed by atoms with E-state index in [9.17, 15) is 9.59 Å². The SMILES string of the molecule is COc1cc([C@H]2Nc3ccc4ccccc4c3C3=C2C(=O)CCC3)ccc1OC(=O)c1ccccc1Cl. The van der Waals surface area contributed by atoms with Crippen LogP contribution in [0.15, 0.2) is 84.4 Å².